The average molecular weight is 415 g/mol. The second-order valence-corrected chi connectivity index (χ2v) is 8.39. The second-order valence-electron chi connectivity index (χ2n) is 7.15. The molecule has 0 aliphatic heterocycles. The van der Waals surface area contributed by atoms with E-state index in [9.17, 15) is 0 Å². The Kier molecular flexibility index (Phi) is 4.79. The number of halogens is 2. The number of imidazole rings is 1. The van der Waals surface area contributed by atoms with Crippen molar-refractivity contribution in [3.8, 4) is 0 Å². The Balaban J connectivity index is 2.11. The van der Waals surface area contributed by atoms with Gasteiger partial charge in [0.25, 0.3) is 0 Å². The smallest absolute Gasteiger partial charge is 0.180 e. The van der Waals surface area contributed by atoms with E-state index >= 15 is 0 Å². The van der Waals surface area contributed by atoms with Gasteiger partial charge in [-0.3, -0.25) is 0 Å². The number of fused-ring (bicyclic) bond motifs is 1. The number of hydrogen-bond acceptors (Lipinski definition) is 1. The van der Waals surface area contributed by atoms with Gasteiger partial charge >= 0.3 is 0 Å². The minimum atomic E-state index is 0.277. The van der Waals surface area contributed by atoms with Crippen molar-refractivity contribution in [2.45, 2.75) is 26.3 Å². The van der Waals surface area contributed by atoms with E-state index in [-0.39, 0.29) is 6.04 Å². The van der Waals surface area contributed by atoms with Crippen molar-refractivity contribution >= 4 is 46.6 Å². The van der Waals surface area contributed by atoms with E-state index in [0.717, 1.165) is 21.2 Å². The van der Waals surface area contributed by atoms with Crippen molar-refractivity contribution in [2.24, 2.45) is 7.05 Å². The van der Waals surface area contributed by atoms with Crippen LogP contribution in [0.1, 0.15) is 37.4 Å². The lowest BCUT2D eigenvalue weighted by Crippen LogP contribution is -2.33. The fourth-order valence-corrected chi connectivity index (χ4v) is 4.51. The maximum absolute atomic E-state index is 6.12. The van der Waals surface area contributed by atoms with Gasteiger partial charge < -0.3 is 9.13 Å². The van der Waals surface area contributed by atoms with Gasteiger partial charge in [0.15, 0.2) is 4.77 Å². The monoisotopic (exact) mass is 414 g/mol. The quantitative estimate of drug-likeness (QED) is 0.532. The van der Waals surface area contributed by atoms with Gasteiger partial charge in [-0.2, -0.15) is 0 Å². The van der Waals surface area contributed by atoms with Crippen LogP contribution in [0.4, 0.5) is 0 Å². The van der Waals surface area contributed by atoms with E-state index in [2.05, 4.69) is 54.3 Å². The minimum Gasteiger partial charge on any atom is -0.319 e. The normalized spacial score (nSPS) is 13.6. The van der Waals surface area contributed by atoms with Crippen molar-refractivity contribution in [3.05, 3.63) is 85.2 Å². The fraction of sp³-hybridized carbons (Fsp3) is 0.227. The highest BCUT2D eigenvalue weighted by Gasteiger charge is 2.23. The van der Waals surface area contributed by atoms with Crippen LogP contribution in [0, 0.1) is 4.77 Å². The molecule has 0 unspecified atom stereocenters. The van der Waals surface area contributed by atoms with E-state index in [1.165, 1.54) is 33.0 Å². The van der Waals surface area contributed by atoms with Gasteiger partial charge in [0.1, 0.15) is 0 Å². The Morgan fingerprint density at radius 3 is 1.70 bits per heavy atom. The van der Waals surface area contributed by atoms with Crippen molar-refractivity contribution in [3.63, 3.8) is 0 Å². The lowest BCUT2D eigenvalue weighted by atomic mass is 9.98. The van der Waals surface area contributed by atoms with E-state index in [1.54, 1.807) is 0 Å². The maximum atomic E-state index is 6.12. The Morgan fingerprint density at radius 1 is 0.815 bits per heavy atom. The highest BCUT2D eigenvalue weighted by atomic mass is 35.5. The lowest BCUT2D eigenvalue weighted by molar-refractivity contribution is 0.569. The van der Waals surface area contributed by atoms with Crippen LogP contribution >= 0.6 is 35.4 Å². The molecule has 0 bridgehead atoms. The molecule has 1 aromatic heterocycles. The van der Waals surface area contributed by atoms with Crippen LogP contribution in [0.25, 0.3) is 11.1 Å². The molecule has 138 valence electrons. The lowest BCUT2D eigenvalue weighted by Gasteiger charge is -2.12. The molecule has 0 atom stereocenters. The summed E-state index contributed by atoms with van der Waals surface area (Å²) in [7, 11) is 2.06. The van der Waals surface area contributed by atoms with Crippen LogP contribution in [-0.2, 0) is 7.05 Å². The highest BCUT2D eigenvalue weighted by Crippen LogP contribution is 2.29. The first kappa shape index (κ1) is 18.5. The van der Waals surface area contributed by atoms with Crippen LogP contribution in [0.15, 0.2) is 48.5 Å². The first-order chi connectivity index (χ1) is 12.9. The average Bonchev–Trinajstić information content (AvgIpc) is 3.13. The molecule has 1 aliphatic carbocycles. The molecule has 0 fully saturated rings. The van der Waals surface area contributed by atoms with E-state index in [1.807, 2.05) is 24.3 Å². The molecule has 0 N–H and O–H groups in total. The standard InChI is InChI=1S/C22H20Cl2N2S/c1-13(2)26-21-19(15-6-10-17(24)11-7-15)12-18(20(21)25(3)22(26)27)14-4-8-16(23)9-5-14/h4-11,13H,12H2,1-3H3. The zero-order valence-electron chi connectivity index (χ0n) is 15.5. The second kappa shape index (κ2) is 6.97. The molecule has 1 aliphatic rings. The highest BCUT2D eigenvalue weighted by molar-refractivity contribution is 7.71. The third-order valence-corrected chi connectivity index (χ3v) is 6.10. The molecule has 27 heavy (non-hydrogen) atoms. The number of nitrogens with zero attached hydrogens (tertiary/aromatic N) is 2. The van der Waals surface area contributed by atoms with Crippen LogP contribution in [0.2, 0.25) is 10.0 Å². The van der Waals surface area contributed by atoms with Crippen LogP contribution in [0.5, 0.6) is 0 Å². The molecule has 4 rings (SSSR count). The molecule has 0 radical (unpaired) electrons. The van der Waals surface area contributed by atoms with Crippen LogP contribution in [0.3, 0.4) is 0 Å². The molecule has 0 saturated heterocycles. The largest absolute Gasteiger partial charge is 0.319 e. The molecular formula is C22H20Cl2N2S. The molecule has 3 aromatic rings. The number of benzene rings is 2. The molecule has 0 amide bonds. The first-order valence-corrected chi connectivity index (χ1v) is 10.1. The third kappa shape index (κ3) is 3.08. The number of hydrogen-bond donors (Lipinski definition) is 0. The summed E-state index contributed by atoms with van der Waals surface area (Å²) in [5.41, 5.74) is 4.92. The summed E-state index contributed by atoms with van der Waals surface area (Å²) in [5, 5.41) is 3.89. The van der Waals surface area contributed by atoms with Gasteiger partial charge in [-0.1, -0.05) is 47.5 Å². The summed E-state index contributed by atoms with van der Waals surface area (Å²) in [6.07, 6.45) is 0.851. The van der Waals surface area contributed by atoms with Gasteiger partial charge in [-0.15, -0.1) is 0 Å². The van der Waals surface area contributed by atoms with Crippen LogP contribution in [-0.4, -0.2) is 9.13 Å². The van der Waals surface area contributed by atoms with E-state index in [0.29, 0.717) is 0 Å². The van der Waals surface area contributed by atoms with Gasteiger partial charge in [-0.25, -0.2) is 0 Å². The van der Waals surface area contributed by atoms with Gasteiger partial charge in [0, 0.05) is 29.6 Å². The zero-order chi connectivity index (χ0) is 19.3. The summed E-state index contributed by atoms with van der Waals surface area (Å²) in [4.78, 5) is 0. The molecule has 0 spiro atoms. The SMILES string of the molecule is CC(C)n1c2c(n(C)c1=S)=C(c1ccc(Cl)cc1)CC=2c1ccc(Cl)cc1. The summed E-state index contributed by atoms with van der Waals surface area (Å²) in [6, 6.07) is 16.4. The number of aromatic nitrogens is 2. The van der Waals surface area contributed by atoms with E-state index < -0.39 is 0 Å². The molecule has 2 nitrogen and oxygen atoms in total. The summed E-state index contributed by atoms with van der Waals surface area (Å²) < 4.78 is 5.24. The third-order valence-electron chi connectivity index (χ3n) is 5.12. The predicted octanol–water partition coefficient (Wildman–Crippen LogP) is 5.25. The Morgan fingerprint density at radius 2 is 1.26 bits per heavy atom. The van der Waals surface area contributed by atoms with Crippen molar-refractivity contribution < 1.29 is 0 Å². The Labute approximate surface area is 174 Å². The molecule has 2 aromatic carbocycles. The van der Waals surface area contributed by atoms with Gasteiger partial charge in [0.2, 0.25) is 0 Å². The summed E-state index contributed by atoms with van der Waals surface area (Å²) in [6.45, 7) is 4.35. The topological polar surface area (TPSA) is 9.86 Å². The molecule has 5 heteroatoms. The molecule has 0 saturated carbocycles. The summed E-state index contributed by atoms with van der Waals surface area (Å²) in [5.74, 6) is 0. The Hall–Kier alpha value is -1.81. The van der Waals surface area contributed by atoms with Crippen molar-refractivity contribution in [2.75, 3.05) is 0 Å². The fourth-order valence-electron chi connectivity index (χ4n) is 3.86. The summed E-state index contributed by atoms with van der Waals surface area (Å²) >= 11 is 18.0. The molecular weight excluding hydrogens is 395 g/mol. The van der Waals surface area contributed by atoms with Crippen LogP contribution < -0.4 is 10.7 Å². The number of rotatable bonds is 3. The molecule has 1 heterocycles. The first-order valence-electron chi connectivity index (χ1n) is 8.94. The van der Waals surface area contributed by atoms with Gasteiger partial charge in [0.05, 0.1) is 10.7 Å². The predicted molar refractivity (Wildman–Crippen MR) is 116 cm³/mol. The van der Waals surface area contributed by atoms with Gasteiger partial charge in [-0.05, 0) is 72.6 Å². The van der Waals surface area contributed by atoms with E-state index in [4.69, 9.17) is 35.4 Å². The van der Waals surface area contributed by atoms with Crippen molar-refractivity contribution in [1.29, 1.82) is 0 Å². The minimum absolute atomic E-state index is 0.277. The van der Waals surface area contributed by atoms with Crippen molar-refractivity contribution in [1.82, 2.24) is 9.13 Å². The Bertz CT molecular complexity index is 1200. The maximum Gasteiger partial charge on any atom is 0.180 e. The zero-order valence-corrected chi connectivity index (χ0v) is 17.8.